The zero-order chi connectivity index (χ0) is 10.7. The highest BCUT2D eigenvalue weighted by molar-refractivity contribution is 7.85. The van der Waals surface area contributed by atoms with Crippen LogP contribution in [0.3, 0.4) is 0 Å². The Morgan fingerprint density at radius 2 is 2.00 bits per heavy atom. The number of benzene rings is 1. The van der Waals surface area contributed by atoms with E-state index < -0.39 is 10.8 Å². The third kappa shape index (κ3) is 2.43. The molecule has 0 aliphatic rings. The largest absolute Gasteiger partial charge is 0.247 e. The maximum absolute atomic E-state index is 12.0. The number of rotatable bonds is 2. The Bertz CT molecular complexity index is 487. The van der Waals surface area contributed by atoms with Gasteiger partial charge in [-0.2, -0.15) is 0 Å². The Hall–Kier alpha value is -1.19. The van der Waals surface area contributed by atoms with Crippen LogP contribution in [-0.4, -0.2) is 9.19 Å². The Morgan fingerprint density at radius 3 is 2.67 bits per heavy atom. The molecule has 2 aromatic rings. The Labute approximate surface area is 95.4 Å². The molecule has 2 rings (SSSR count). The number of hydrogen-bond acceptors (Lipinski definition) is 2. The molecule has 0 N–H and O–H groups in total. The van der Waals surface area contributed by atoms with Crippen molar-refractivity contribution in [2.75, 3.05) is 0 Å². The van der Waals surface area contributed by atoms with Gasteiger partial charge in [0.15, 0.2) is 0 Å². The van der Waals surface area contributed by atoms with Crippen LogP contribution in [0, 0.1) is 0 Å². The molecule has 0 saturated heterocycles. The molecule has 2 nitrogen and oxygen atoms in total. The molecular formula is C11H8ClNOS. The van der Waals surface area contributed by atoms with Gasteiger partial charge in [0.05, 0.1) is 0 Å². The second kappa shape index (κ2) is 4.55. The summed E-state index contributed by atoms with van der Waals surface area (Å²) < 4.78 is 12.0. The van der Waals surface area contributed by atoms with Gasteiger partial charge in [0.1, 0.15) is 15.8 Å². The minimum atomic E-state index is -1.25. The van der Waals surface area contributed by atoms with Gasteiger partial charge in [-0.15, -0.1) is 0 Å². The minimum absolute atomic E-state index is 0.541. The zero-order valence-electron chi connectivity index (χ0n) is 7.76. The third-order valence-electron chi connectivity index (χ3n) is 1.84. The van der Waals surface area contributed by atoms with E-state index in [-0.39, 0.29) is 0 Å². The van der Waals surface area contributed by atoms with Crippen molar-refractivity contribution >= 4 is 22.4 Å². The van der Waals surface area contributed by atoms with Gasteiger partial charge >= 0.3 is 0 Å². The molecule has 1 unspecified atom stereocenters. The summed E-state index contributed by atoms with van der Waals surface area (Å²) in [7, 11) is -1.25. The first-order valence-corrected chi connectivity index (χ1v) is 5.88. The van der Waals surface area contributed by atoms with E-state index in [4.69, 9.17) is 11.6 Å². The fourth-order valence-corrected chi connectivity index (χ4v) is 2.45. The van der Waals surface area contributed by atoms with Gasteiger partial charge in [0.2, 0.25) is 0 Å². The highest BCUT2D eigenvalue weighted by atomic mass is 35.5. The van der Waals surface area contributed by atoms with Crippen molar-refractivity contribution in [3.8, 4) is 0 Å². The molecule has 15 heavy (non-hydrogen) atoms. The quantitative estimate of drug-likeness (QED) is 0.804. The van der Waals surface area contributed by atoms with Gasteiger partial charge in [-0.25, -0.2) is 9.19 Å². The van der Waals surface area contributed by atoms with E-state index in [0.717, 1.165) is 0 Å². The van der Waals surface area contributed by atoms with Gasteiger partial charge in [-0.05, 0) is 30.3 Å². The van der Waals surface area contributed by atoms with Gasteiger partial charge in [-0.3, -0.25) is 0 Å². The highest BCUT2D eigenvalue weighted by Gasteiger charge is 2.07. The van der Waals surface area contributed by atoms with E-state index in [1.807, 2.05) is 6.07 Å². The standard InChI is InChI=1S/C11H8ClNOS/c12-9-4-3-5-10(8-9)15(14)11-6-1-2-7-13-11/h1-8H. The lowest BCUT2D eigenvalue weighted by molar-refractivity contribution is 0.680. The van der Waals surface area contributed by atoms with Crippen LogP contribution in [-0.2, 0) is 10.8 Å². The average molecular weight is 238 g/mol. The van der Waals surface area contributed by atoms with Crippen LogP contribution >= 0.6 is 11.6 Å². The number of halogens is 1. The van der Waals surface area contributed by atoms with Gasteiger partial charge in [0, 0.05) is 16.1 Å². The summed E-state index contributed by atoms with van der Waals surface area (Å²) in [5.74, 6) is 0. The highest BCUT2D eigenvalue weighted by Crippen LogP contribution is 2.17. The second-order valence-electron chi connectivity index (χ2n) is 2.89. The number of hydrogen-bond donors (Lipinski definition) is 0. The molecule has 0 saturated carbocycles. The van der Waals surface area contributed by atoms with Crippen molar-refractivity contribution in [1.29, 1.82) is 0 Å². The molecule has 1 atom stereocenters. The molecule has 0 amide bonds. The van der Waals surface area contributed by atoms with Crippen molar-refractivity contribution < 1.29 is 4.21 Å². The SMILES string of the molecule is O=S(c1cccc(Cl)c1)c1ccccn1. The second-order valence-corrected chi connectivity index (χ2v) is 4.76. The minimum Gasteiger partial charge on any atom is -0.247 e. The molecule has 1 aromatic heterocycles. The van der Waals surface area contributed by atoms with Crippen molar-refractivity contribution in [3.05, 3.63) is 53.7 Å². The normalized spacial score (nSPS) is 12.3. The number of aromatic nitrogens is 1. The lowest BCUT2D eigenvalue weighted by atomic mass is 10.4. The van der Waals surface area contributed by atoms with Crippen LogP contribution in [0.25, 0.3) is 0 Å². The van der Waals surface area contributed by atoms with E-state index in [9.17, 15) is 4.21 Å². The molecule has 1 heterocycles. The summed E-state index contributed by atoms with van der Waals surface area (Å²) in [5.41, 5.74) is 0. The molecule has 1 aromatic carbocycles. The van der Waals surface area contributed by atoms with Gasteiger partial charge < -0.3 is 0 Å². The van der Waals surface area contributed by atoms with Crippen LogP contribution in [0.5, 0.6) is 0 Å². The average Bonchev–Trinajstić information content (AvgIpc) is 2.29. The van der Waals surface area contributed by atoms with Crippen molar-refractivity contribution in [3.63, 3.8) is 0 Å². The van der Waals surface area contributed by atoms with Crippen molar-refractivity contribution in [2.45, 2.75) is 9.92 Å². The summed E-state index contributed by atoms with van der Waals surface area (Å²) in [4.78, 5) is 4.71. The number of pyridine rings is 1. The van der Waals surface area contributed by atoms with Gasteiger partial charge in [-0.1, -0.05) is 23.7 Å². The van der Waals surface area contributed by atoms with Gasteiger partial charge in [0.25, 0.3) is 0 Å². The summed E-state index contributed by atoms with van der Waals surface area (Å²) >= 11 is 5.82. The molecular weight excluding hydrogens is 230 g/mol. The fraction of sp³-hybridized carbons (Fsp3) is 0. The van der Waals surface area contributed by atoms with Crippen LogP contribution in [0.1, 0.15) is 0 Å². The first kappa shape index (κ1) is 10.3. The predicted molar refractivity (Wildman–Crippen MR) is 60.4 cm³/mol. The number of nitrogens with zero attached hydrogens (tertiary/aromatic N) is 1. The topological polar surface area (TPSA) is 30.0 Å². The Balaban J connectivity index is 2.37. The first-order valence-electron chi connectivity index (χ1n) is 4.36. The molecule has 0 spiro atoms. The lowest BCUT2D eigenvalue weighted by Gasteiger charge is -2.00. The van der Waals surface area contributed by atoms with Crippen LogP contribution in [0.15, 0.2) is 58.6 Å². The Morgan fingerprint density at radius 1 is 1.13 bits per heavy atom. The molecule has 0 aliphatic carbocycles. The zero-order valence-corrected chi connectivity index (χ0v) is 9.33. The van der Waals surface area contributed by atoms with E-state index >= 15 is 0 Å². The van der Waals surface area contributed by atoms with E-state index in [1.54, 1.807) is 42.6 Å². The molecule has 0 bridgehead atoms. The summed E-state index contributed by atoms with van der Waals surface area (Å²) in [6, 6.07) is 12.3. The lowest BCUT2D eigenvalue weighted by Crippen LogP contribution is -1.94. The maximum Gasteiger partial charge on any atom is 0.132 e. The van der Waals surface area contributed by atoms with E-state index in [1.165, 1.54) is 0 Å². The fourth-order valence-electron chi connectivity index (χ4n) is 1.16. The summed E-state index contributed by atoms with van der Waals surface area (Å²) in [6.07, 6.45) is 1.62. The van der Waals surface area contributed by atoms with Crippen LogP contribution in [0.4, 0.5) is 0 Å². The van der Waals surface area contributed by atoms with E-state index in [0.29, 0.717) is 14.9 Å². The van der Waals surface area contributed by atoms with E-state index in [2.05, 4.69) is 4.98 Å². The third-order valence-corrected chi connectivity index (χ3v) is 3.38. The molecule has 76 valence electrons. The smallest absolute Gasteiger partial charge is 0.132 e. The maximum atomic E-state index is 12.0. The molecule has 0 aliphatic heterocycles. The molecule has 0 radical (unpaired) electrons. The van der Waals surface area contributed by atoms with Crippen molar-refractivity contribution in [1.82, 2.24) is 4.98 Å². The first-order chi connectivity index (χ1) is 7.27. The summed E-state index contributed by atoms with van der Waals surface area (Å²) in [5, 5.41) is 1.12. The van der Waals surface area contributed by atoms with Crippen LogP contribution in [0.2, 0.25) is 5.02 Å². The Kier molecular flexibility index (Phi) is 3.14. The summed E-state index contributed by atoms with van der Waals surface area (Å²) in [6.45, 7) is 0. The molecule has 0 fully saturated rings. The van der Waals surface area contributed by atoms with Crippen LogP contribution < -0.4 is 0 Å². The monoisotopic (exact) mass is 237 g/mol. The van der Waals surface area contributed by atoms with Crippen molar-refractivity contribution in [2.24, 2.45) is 0 Å². The predicted octanol–water partition coefficient (Wildman–Crippen LogP) is 2.90. The molecule has 4 heteroatoms.